The zero-order valence-corrected chi connectivity index (χ0v) is 19.6. The van der Waals surface area contributed by atoms with Gasteiger partial charge in [-0.3, -0.25) is 9.20 Å². The Morgan fingerprint density at radius 3 is 2.69 bits per heavy atom. The first-order valence-corrected chi connectivity index (χ1v) is 12.5. The highest BCUT2D eigenvalue weighted by molar-refractivity contribution is 7.98. The predicted octanol–water partition coefficient (Wildman–Crippen LogP) is 5.43. The smallest absolute Gasteiger partial charge is 0.267 e. The summed E-state index contributed by atoms with van der Waals surface area (Å²) in [7, 11) is 0. The topological polar surface area (TPSA) is 65.1 Å². The van der Waals surface area contributed by atoms with Crippen molar-refractivity contribution in [1.82, 2.24) is 24.1 Å². The van der Waals surface area contributed by atoms with Crippen molar-refractivity contribution in [3.05, 3.63) is 80.5 Å². The van der Waals surface area contributed by atoms with Crippen molar-refractivity contribution in [2.45, 2.75) is 44.0 Å². The van der Waals surface area contributed by atoms with Crippen LogP contribution in [0.4, 0.5) is 0 Å². The molecular weight excluding hydrogens is 438 g/mol. The largest absolute Gasteiger partial charge is 0.268 e. The maximum Gasteiger partial charge on any atom is 0.267 e. The molecule has 2 aromatic carbocycles. The fourth-order valence-electron chi connectivity index (χ4n) is 3.70. The molecule has 0 aliphatic carbocycles. The molecule has 32 heavy (non-hydrogen) atoms. The molecule has 3 aromatic heterocycles. The first kappa shape index (κ1) is 20.9. The van der Waals surface area contributed by atoms with Gasteiger partial charge in [-0.25, -0.2) is 9.55 Å². The number of hydrogen-bond acceptors (Lipinski definition) is 6. The molecule has 162 valence electrons. The summed E-state index contributed by atoms with van der Waals surface area (Å²) in [5.74, 6) is 1.23. The van der Waals surface area contributed by atoms with Crippen LogP contribution in [0.25, 0.3) is 22.4 Å². The first-order chi connectivity index (χ1) is 15.7. The highest BCUT2D eigenvalue weighted by Gasteiger charge is 2.18. The van der Waals surface area contributed by atoms with Crippen molar-refractivity contribution >= 4 is 39.8 Å². The summed E-state index contributed by atoms with van der Waals surface area (Å²) in [4.78, 5) is 18.1. The quantitative estimate of drug-likeness (QED) is 0.302. The van der Waals surface area contributed by atoms with Gasteiger partial charge in [-0.15, -0.1) is 21.5 Å². The molecule has 8 heteroatoms. The zero-order chi connectivity index (χ0) is 22.1. The number of unbranched alkanes of at least 4 members (excludes halogenated alkanes) is 1. The van der Waals surface area contributed by atoms with Crippen LogP contribution >= 0.6 is 23.1 Å². The van der Waals surface area contributed by atoms with E-state index in [1.54, 1.807) is 27.7 Å². The molecule has 0 radical (unpaired) electrons. The lowest BCUT2D eigenvalue weighted by molar-refractivity contribution is 0.788. The summed E-state index contributed by atoms with van der Waals surface area (Å²) in [5.41, 5.74) is 3.68. The van der Waals surface area contributed by atoms with E-state index in [0.29, 0.717) is 16.9 Å². The van der Waals surface area contributed by atoms with E-state index >= 15 is 0 Å². The van der Waals surface area contributed by atoms with Gasteiger partial charge in [0.15, 0.2) is 5.16 Å². The maximum absolute atomic E-state index is 13.4. The van der Waals surface area contributed by atoms with E-state index in [2.05, 4.69) is 22.5 Å². The Labute approximate surface area is 194 Å². The third-order valence-electron chi connectivity index (χ3n) is 5.38. The standard InChI is InChI=1S/C24H23N5OS2/c1-3-4-9-21-25-17(14-31-21)15-32-24-27-26-23-28(18-12-10-16(2)11-13-18)22(30)19-7-5-6-8-20(19)29(23)24/h5-8,10-14H,3-4,9,15H2,1-2H3. The van der Waals surface area contributed by atoms with Gasteiger partial charge in [0.2, 0.25) is 5.78 Å². The number of hydrogen-bond donors (Lipinski definition) is 0. The molecule has 0 fully saturated rings. The van der Waals surface area contributed by atoms with Gasteiger partial charge in [-0.2, -0.15) is 0 Å². The number of rotatable bonds is 7. The van der Waals surface area contributed by atoms with E-state index in [-0.39, 0.29) is 5.56 Å². The van der Waals surface area contributed by atoms with Gasteiger partial charge in [-0.05, 0) is 44.0 Å². The summed E-state index contributed by atoms with van der Waals surface area (Å²) in [6.07, 6.45) is 3.37. The Hall–Kier alpha value is -2.97. The minimum atomic E-state index is -0.0963. The van der Waals surface area contributed by atoms with Crippen LogP contribution in [0.3, 0.4) is 0 Å². The SMILES string of the molecule is CCCCc1nc(CSc2nnc3n(-c4ccc(C)cc4)c(=O)c4ccccc4n23)cs1. The number of para-hydroxylation sites is 1. The lowest BCUT2D eigenvalue weighted by Crippen LogP contribution is -2.21. The molecule has 0 aliphatic rings. The summed E-state index contributed by atoms with van der Waals surface area (Å²) < 4.78 is 3.62. The Morgan fingerprint density at radius 2 is 1.88 bits per heavy atom. The molecule has 0 bridgehead atoms. The van der Waals surface area contributed by atoms with Gasteiger partial charge in [0.25, 0.3) is 5.56 Å². The van der Waals surface area contributed by atoms with E-state index in [9.17, 15) is 4.79 Å². The summed E-state index contributed by atoms with van der Waals surface area (Å²) in [5, 5.41) is 13.6. The molecule has 5 rings (SSSR count). The predicted molar refractivity (Wildman–Crippen MR) is 131 cm³/mol. The van der Waals surface area contributed by atoms with E-state index in [4.69, 9.17) is 4.98 Å². The number of nitrogens with zero attached hydrogens (tertiary/aromatic N) is 5. The van der Waals surface area contributed by atoms with Gasteiger partial charge in [0, 0.05) is 11.1 Å². The fraction of sp³-hybridized carbons (Fsp3) is 0.250. The van der Waals surface area contributed by atoms with Gasteiger partial charge < -0.3 is 0 Å². The summed E-state index contributed by atoms with van der Waals surface area (Å²) >= 11 is 3.31. The van der Waals surface area contributed by atoms with Crippen molar-refractivity contribution in [3.8, 4) is 5.69 Å². The highest BCUT2D eigenvalue weighted by atomic mass is 32.2. The second-order valence-electron chi connectivity index (χ2n) is 7.74. The van der Waals surface area contributed by atoms with Crippen LogP contribution < -0.4 is 5.56 Å². The van der Waals surface area contributed by atoms with Crippen LogP contribution in [0.2, 0.25) is 0 Å². The minimum Gasteiger partial charge on any atom is -0.268 e. The Kier molecular flexibility index (Phi) is 5.80. The Morgan fingerprint density at radius 1 is 1.06 bits per heavy atom. The van der Waals surface area contributed by atoms with Crippen LogP contribution in [-0.4, -0.2) is 24.1 Å². The van der Waals surface area contributed by atoms with Gasteiger partial charge in [0.05, 0.1) is 27.3 Å². The van der Waals surface area contributed by atoms with Crippen LogP contribution in [0.5, 0.6) is 0 Å². The molecule has 0 saturated heterocycles. The second kappa shape index (κ2) is 8.88. The van der Waals surface area contributed by atoms with Crippen LogP contribution in [0.15, 0.2) is 63.9 Å². The molecule has 0 N–H and O–H groups in total. The van der Waals surface area contributed by atoms with Gasteiger partial charge in [0.1, 0.15) is 0 Å². The molecule has 5 aromatic rings. The van der Waals surface area contributed by atoms with Crippen LogP contribution in [0.1, 0.15) is 36.0 Å². The average molecular weight is 462 g/mol. The molecule has 0 aliphatic heterocycles. The van der Waals surface area contributed by atoms with E-state index < -0.39 is 0 Å². The fourth-order valence-corrected chi connectivity index (χ4v) is 5.47. The molecule has 3 heterocycles. The number of thioether (sulfide) groups is 1. The lowest BCUT2D eigenvalue weighted by atomic mass is 10.2. The van der Waals surface area contributed by atoms with Crippen LogP contribution in [0, 0.1) is 6.92 Å². The minimum absolute atomic E-state index is 0.0963. The molecule has 0 atom stereocenters. The molecular formula is C24H23N5OS2. The Bertz CT molecular complexity index is 1450. The third kappa shape index (κ3) is 3.84. The average Bonchev–Trinajstić information content (AvgIpc) is 3.44. The summed E-state index contributed by atoms with van der Waals surface area (Å²) in [6.45, 7) is 4.22. The maximum atomic E-state index is 13.4. The van der Waals surface area contributed by atoms with Crippen molar-refractivity contribution in [2.75, 3.05) is 0 Å². The molecule has 0 saturated carbocycles. The second-order valence-corrected chi connectivity index (χ2v) is 9.62. The van der Waals surface area contributed by atoms with Crippen molar-refractivity contribution in [1.29, 1.82) is 0 Å². The molecule has 0 unspecified atom stereocenters. The zero-order valence-electron chi connectivity index (χ0n) is 18.0. The normalized spacial score (nSPS) is 11.6. The first-order valence-electron chi connectivity index (χ1n) is 10.7. The van der Waals surface area contributed by atoms with Gasteiger partial charge >= 0.3 is 0 Å². The lowest BCUT2D eigenvalue weighted by Gasteiger charge is -2.11. The monoisotopic (exact) mass is 461 g/mol. The van der Waals surface area contributed by atoms with Crippen molar-refractivity contribution < 1.29 is 0 Å². The van der Waals surface area contributed by atoms with E-state index in [1.165, 1.54) is 11.4 Å². The number of benzene rings is 2. The van der Waals surface area contributed by atoms with Gasteiger partial charge in [-0.1, -0.05) is 54.9 Å². The number of thiazole rings is 1. The van der Waals surface area contributed by atoms with Crippen molar-refractivity contribution in [3.63, 3.8) is 0 Å². The molecule has 0 amide bonds. The molecule has 6 nitrogen and oxygen atoms in total. The third-order valence-corrected chi connectivity index (χ3v) is 7.30. The number of aryl methyl sites for hydroxylation is 2. The number of fused-ring (bicyclic) bond motifs is 3. The van der Waals surface area contributed by atoms with E-state index in [0.717, 1.165) is 40.5 Å². The van der Waals surface area contributed by atoms with E-state index in [1.807, 2.05) is 59.9 Å². The summed E-state index contributed by atoms with van der Waals surface area (Å²) in [6, 6.07) is 15.5. The number of aromatic nitrogens is 5. The van der Waals surface area contributed by atoms with Crippen molar-refractivity contribution in [2.24, 2.45) is 0 Å². The van der Waals surface area contributed by atoms with Crippen LogP contribution in [-0.2, 0) is 12.2 Å². The Balaban J connectivity index is 1.58. The highest BCUT2D eigenvalue weighted by Crippen LogP contribution is 2.26. The molecule has 0 spiro atoms.